The minimum Gasteiger partial charge on any atom is -0.339 e. The van der Waals surface area contributed by atoms with E-state index in [2.05, 4.69) is 32.5 Å². The molecule has 0 spiro atoms. The second kappa shape index (κ2) is 9.94. The van der Waals surface area contributed by atoms with E-state index in [-0.39, 0.29) is 17.7 Å². The zero-order valence-corrected chi connectivity index (χ0v) is 19.3. The highest BCUT2D eigenvalue weighted by molar-refractivity contribution is 5.94. The molecule has 1 aromatic carbocycles. The molecule has 9 nitrogen and oxygen atoms in total. The van der Waals surface area contributed by atoms with Crippen LogP contribution in [-0.2, 0) is 6.54 Å². The van der Waals surface area contributed by atoms with Crippen molar-refractivity contribution in [2.24, 2.45) is 17.8 Å². The van der Waals surface area contributed by atoms with Gasteiger partial charge in [0, 0.05) is 60.7 Å². The van der Waals surface area contributed by atoms with Gasteiger partial charge in [0.2, 0.25) is 5.95 Å². The third kappa shape index (κ3) is 5.30. The summed E-state index contributed by atoms with van der Waals surface area (Å²) in [5.74, 6) is 1.22. The molecule has 2 unspecified atom stereocenters. The summed E-state index contributed by atoms with van der Waals surface area (Å²) in [6.07, 6.45) is 8.89. The first-order valence-corrected chi connectivity index (χ1v) is 11.9. The Bertz CT molecular complexity index is 1280. The third-order valence-corrected chi connectivity index (χ3v) is 6.75. The van der Waals surface area contributed by atoms with Crippen molar-refractivity contribution in [3.8, 4) is 23.4 Å². The number of likely N-dealkylation sites (tertiary alicyclic amines) is 1. The normalized spacial score (nSPS) is 19.5. The van der Waals surface area contributed by atoms with Gasteiger partial charge in [0.15, 0.2) is 0 Å². The van der Waals surface area contributed by atoms with Gasteiger partial charge in [-0.25, -0.2) is 9.97 Å². The third-order valence-electron chi connectivity index (χ3n) is 6.75. The lowest BCUT2D eigenvalue weighted by molar-refractivity contribution is 0.0707. The Morgan fingerprint density at radius 3 is 2.63 bits per heavy atom. The second-order valence-electron chi connectivity index (χ2n) is 9.18. The molecular formula is C26H26N8O. The monoisotopic (exact) mass is 466 g/mol. The maximum atomic E-state index is 12.8. The van der Waals surface area contributed by atoms with Crippen LogP contribution in [0, 0.1) is 40.4 Å². The lowest BCUT2D eigenvalue weighted by atomic mass is 9.98. The fraction of sp³-hybridized carbons (Fsp3) is 0.385. The van der Waals surface area contributed by atoms with Crippen molar-refractivity contribution < 1.29 is 4.79 Å². The molecule has 1 N–H and O–H groups in total. The molecule has 5 rings (SSSR count). The number of carbonyl (C=O) groups is 1. The second-order valence-corrected chi connectivity index (χ2v) is 9.18. The first-order chi connectivity index (χ1) is 17.1. The van der Waals surface area contributed by atoms with Gasteiger partial charge in [0.1, 0.15) is 0 Å². The smallest absolute Gasteiger partial charge is 0.253 e. The van der Waals surface area contributed by atoms with Gasteiger partial charge >= 0.3 is 0 Å². The van der Waals surface area contributed by atoms with Crippen LogP contribution in [0.2, 0.25) is 0 Å². The van der Waals surface area contributed by atoms with Gasteiger partial charge in [-0.3, -0.25) is 9.48 Å². The number of benzene rings is 1. The number of hydrogen-bond acceptors (Lipinski definition) is 7. The summed E-state index contributed by atoms with van der Waals surface area (Å²) in [6.45, 7) is 2.03. The van der Waals surface area contributed by atoms with Crippen molar-refractivity contribution >= 4 is 17.5 Å². The largest absolute Gasteiger partial charge is 0.339 e. The Morgan fingerprint density at radius 1 is 1.11 bits per heavy atom. The van der Waals surface area contributed by atoms with Crippen molar-refractivity contribution in [1.82, 2.24) is 24.6 Å². The maximum absolute atomic E-state index is 12.8. The molecule has 2 fully saturated rings. The predicted octanol–water partition coefficient (Wildman–Crippen LogP) is 4.01. The molecule has 3 heterocycles. The summed E-state index contributed by atoms with van der Waals surface area (Å²) < 4.78 is 1.90. The average molecular weight is 467 g/mol. The molecule has 1 aliphatic heterocycles. The average Bonchev–Trinajstić information content (AvgIpc) is 3.51. The van der Waals surface area contributed by atoms with Crippen LogP contribution in [0.5, 0.6) is 0 Å². The van der Waals surface area contributed by atoms with Crippen LogP contribution in [0.25, 0.3) is 11.3 Å². The van der Waals surface area contributed by atoms with Crippen LogP contribution in [-0.4, -0.2) is 43.6 Å². The van der Waals surface area contributed by atoms with E-state index >= 15 is 0 Å². The first kappa shape index (κ1) is 22.5. The predicted molar refractivity (Wildman–Crippen MR) is 129 cm³/mol. The number of piperidine rings is 1. The molecule has 9 heteroatoms. The molecule has 1 saturated carbocycles. The number of aromatic nitrogens is 4. The summed E-state index contributed by atoms with van der Waals surface area (Å²) in [6, 6.07) is 13.7. The fourth-order valence-electron chi connectivity index (χ4n) is 4.44. The fourth-order valence-corrected chi connectivity index (χ4v) is 4.44. The van der Waals surface area contributed by atoms with Crippen LogP contribution in [0.1, 0.15) is 36.0 Å². The Hall–Kier alpha value is -4.24. The molecule has 0 bridgehead atoms. The molecule has 1 saturated heterocycles. The van der Waals surface area contributed by atoms with Crippen molar-refractivity contribution in [3.05, 3.63) is 54.5 Å². The standard InChI is InChI=1S/C26H26N8O/c27-14-18-6-10-33(11-7-18)25(35)19-1-3-23(4-2-19)31-26-29-9-5-24(32-26)22-16-30-34(17-22)12-8-20-13-21(20)15-28/h1-5,9,16-18,20-21H,6-8,10-13H2,(H,29,31,32). The molecule has 2 aliphatic rings. The SMILES string of the molecule is N#CC1CCN(C(=O)c2ccc(Nc3nccc(-c4cnn(CCC5CC5C#N)c4)n3)cc2)CC1. The van der Waals surface area contributed by atoms with Crippen molar-refractivity contribution in [2.45, 2.75) is 32.2 Å². The molecule has 3 aromatic rings. The van der Waals surface area contributed by atoms with Gasteiger partial charge in [-0.15, -0.1) is 0 Å². The Balaban J connectivity index is 1.19. The molecule has 176 valence electrons. The molecule has 0 radical (unpaired) electrons. The molecule has 1 aliphatic carbocycles. The van der Waals surface area contributed by atoms with Crippen molar-refractivity contribution in [1.29, 1.82) is 10.5 Å². The Labute approximate surface area is 204 Å². The van der Waals surface area contributed by atoms with Crippen LogP contribution in [0.4, 0.5) is 11.6 Å². The zero-order chi connectivity index (χ0) is 24.2. The Morgan fingerprint density at radius 2 is 1.91 bits per heavy atom. The van der Waals surface area contributed by atoms with Gasteiger partial charge in [0.05, 0.1) is 24.0 Å². The molecule has 35 heavy (non-hydrogen) atoms. The number of carbonyl (C=O) groups excluding carboxylic acids is 1. The van der Waals surface area contributed by atoms with Gasteiger partial charge < -0.3 is 10.2 Å². The number of nitrogens with one attached hydrogen (secondary N) is 1. The highest BCUT2D eigenvalue weighted by Gasteiger charge is 2.36. The van der Waals surface area contributed by atoms with E-state index in [1.165, 1.54) is 0 Å². The van der Waals surface area contributed by atoms with Gasteiger partial charge in [0.25, 0.3) is 5.91 Å². The number of amides is 1. The maximum Gasteiger partial charge on any atom is 0.253 e. The number of hydrogen-bond donors (Lipinski definition) is 1. The topological polar surface area (TPSA) is 124 Å². The molecule has 1 amide bonds. The quantitative estimate of drug-likeness (QED) is 0.558. The van der Waals surface area contributed by atoms with Crippen LogP contribution in [0.3, 0.4) is 0 Å². The van der Waals surface area contributed by atoms with Gasteiger partial charge in [-0.2, -0.15) is 15.6 Å². The summed E-state index contributed by atoms with van der Waals surface area (Å²) in [7, 11) is 0. The van der Waals surface area contributed by atoms with Crippen molar-refractivity contribution in [3.63, 3.8) is 0 Å². The van der Waals surface area contributed by atoms with E-state index < -0.39 is 0 Å². The van der Waals surface area contributed by atoms with Gasteiger partial charge in [-0.05, 0) is 61.9 Å². The van der Waals surface area contributed by atoms with Crippen molar-refractivity contribution in [2.75, 3.05) is 18.4 Å². The lowest BCUT2D eigenvalue weighted by Crippen LogP contribution is -2.38. The lowest BCUT2D eigenvalue weighted by Gasteiger charge is -2.29. The highest BCUT2D eigenvalue weighted by atomic mass is 16.2. The number of nitriles is 2. The zero-order valence-electron chi connectivity index (χ0n) is 19.3. The summed E-state index contributed by atoms with van der Waals surface area (Å²) in [4.78, 5) is 23.5. The minimum atomic E-state index is -0.00645. The Kier molecular flexibility index (Phi) is 6.40. The van der Waals surface area contributed by atoms with E-state index in [1.54, 1.807) is 24.5 Å². The van der Waals surface area contributed by atoms with E-state index in [9.17, 15) is 4.79 Å². The molecule has 2 aromatic heterocycles. The van der Waals surface area contributed by atoms with E-state index in [0.717, 1.165) is 49.2 Å². The van der Waals surface area contributed by atoms with Crippen LogP contribution < -0.4 is 5.32 Å². The number of anilines is 2. The van der Waals surface area contributed by atoms with E-state index in [1.807, 2.05) is 34.0 Å². The number of aryl methyl sites for hydroxylation is 1. The van der Waals surface area contributed by atoms with Crippen LogP contribution in [0.15, 0.2) is 48.9 Å². The number of nitrogens with zero attached hydrogens (tertiary/aromatic N) is 7. The molecular weight excluding hydrogens is 440 g/mol. The van der Waals surface area contributed by atoms with E-state index in [0.29, 0.717) is 30.5 Å². The summed E-state index contributed by atoms with van der Waals surface area (Å²) in [5.41, 5.74) is 3.08. The van der Waals surface area contributed by atoms with Gasteiger partial charge in [-0.1, -0.05) is 0 Å². The minimum absolute atomic E-state index is 0.00645. The number of rotatable bonds is 7. The summed E-state index contributed by atoms with van der Waals surface area (Å²) >= 11 is 0. The first-order valence-electron chi connectivity index (χ1n) is 11.9. The highest BCUT2D eigenvalue weighted by Crippen LogP contribution is 2.40. The van der Waals surface area contributed by atoms with Crippen LogP contribution >= 0.6 is 0 Å². The molecule has 2 atom stereocenters. The summed E-state index contributed by atoms with van der Waals surface area (Å²) in [5, 5.41) is 25.6. The van der Waals surface area contributed by atoms with E-state index in [4.69, 9.17) is 10.5 Å².